The normalized spacial score (nSPS) is 20.4. The van der Waals surface area contributed by atoms with Gasteiger partial charge in [0.15, 0.2) is 0 Å². The summed E-state index contributed by atoms with van der Waals surface area (Å²) in [6, 6.07) is 17.5. The number of piperazine rings is 1. The van der Waals surface area contributed by atoms with Gasteiger partial charge in [-0.15, -0.1) is 10.2 Å². The molecule has 2 fully saturated rings. The molecule has 1 aliphatic carbocycles. The first-order valence-electron chi connectivity index (χ1n) is 20.0. The summed E-state index contributed by atoms with van der Waals surface area (Å²) in [6.45, 7) is 13.4. The Kier molecular flexibility index (Phi) is 13.1. The van der Waals surface area contributed by atoms with Gasteiger partial charge < -0.3 is 25.6 Å². The van der Waals surface area contributed by atoms with Gasteiger partial charge in [-0.25, -0.2) is 4.79 Å². The molecule has 57 heavy (non-hydrogen) atoms. The molecule has 2 aromatic carbocycles. The summed E-state index contributed by atoms with van der Waals surface area (Å²) in [4.78, 5) is 59.6. The number of carbonyl (C=O) groups is 4. The number of tetrazole rings is 1. The van der Waals surface area contributed by atoms with Crippen LogP contribution < -0.4 is 16.0 Å². The number of alkyl carbamates (subject to hydrolysis) is 1. The van der Waals surface area contributed by atoms with Crippen molar-refractivity contribution in [2.75, 3.05) is 25.0 Å². The average molecular weight is 778 g/mol. The Bertz CT molecular complexity index is 1990. The maximum atomic E-state index is 13.9. The number of H-pyrrole nitrogens is 1. The molecule has 302 valence electrons. The molecule has 1 saturated heterocycles. The zero-order valence-electron chi connectivity index (χ0n) is 33.8. The van der Waals surface area contributed by atoms with Gasteiger partial charge in [0, 0.05) is 73.0 Å². The van der Waals surface area contributed by atoms with Gasteiger partial charge in [0.1, 0.15) is 17.1 Å². The first-order valence-corrected chi connectivity index (χ1v) is 20.0. The molecule has 2 aliphatic rings. The Hall–Kier alpha value is -5.50. The van der Waals surface area contributed by atoms with Crippen molar-refractivity contribution in [2.24, 2.45) is 17.8 Å². The monoisotopic (exact) mass is 777 g/mol. The number of rotatable bonds is 12. The lowest BCUT2D eigenvalue weighted by Crippen LogP contribution is -2.55. The summed E-state index contributed by atoms with van der Waals surface area (Å²) in [6.07, 6.45) is 4.87. The lowest BCUT2D eigenvalue weighted by atomic mass is 9.77. The van der Waals surface area contributed by atoms with E-state index in [1.165, 1.54) is 0 Å². The van der Waals surface area contributed by atoms with Crippen molar-refractivity contribution >= 4 is 29.4 Å². The summed E-state index contributed by atoms with van der Waals surface area (Å²) in [5.41, 5.74) is 4.96. The minimum atomic E-state index is -0.601. The van der Waals surface area contributed by atoms with Gasteiger partial charge in [0.2, 0.25) is 11.7 Å². The van der Waals surface area contributed by atoms with Crippen LogP contribution in [0.2, 0.25) is 0 Å². The number of ether oxygens (including phenoxy) is 1. The lowest BCUT2D eigenvalue weighted by Gasteiger charge is -2.36. The third-order valence-corrected chi connectivity index (χ3v) is 10.7. The lowest BCUT2D eigenvalue weighted by molar-refractivity contribution is -0.129. The Morgan fingerprint density at radius 1 is 0.930 bits per heavy atom. The Morgan fingerprint density at radius 3 is 2.21 bits per heavy atom. The van der Waals surface area contributed by atoms with Crippen molar-refractivity contribution in [3.8, 4) is 22.5 Å². The predicted molar refractivity (Wildman–Crippen MR) is 217 cm³/mol. The van der Waals surface area contributed by atoms with E-state index >= 15 is 0 Å². The quantitative estimate of drug-likeness (QED) is 0.130. The second-order valence-electron chi connectivity index (χ2n) is 16.7. The number of aromatic nitrogens is 5. The summed E-state index contributed by atoms with van der Waals surface area (Å²) in [5, 5.41) is 23.4. The zero-order valence-corrected chi connectivity index (χ0v) is 33.8. The standard InChI is InChI=1S/C43H55N9O5/c1-26-19-37(41(55)52-24-27(2)46-28(3)25-52)44-23-36(26)31-11-7-29(8-12-31)20-34(40(54)47-35-17-15-33(16-18-35)39-48-50-51-49-39)21-38(53)32-13-9-30(10-14-32)22-45-42(56)57-43(4,5)6/h7-8,11-12,15-19,23,27-28,30,32,34,46H,9-10,13-14,20-22,24-25H2,1-6H3,(H,45,56)(H,47,54)(H,48,49,50,51)/t27?,28?,30?,32?,34-/m1/s1. The molecule has 2 unspecified atom stereocenters. The number of hydrogen-bond donors (Lipinski definition) is 4. The van der Waals surface area contributed by atoms with Crippen LogP contribution in [-0.4, -0.2) is 91.5 Å². The van der Waals surface area contributed by atoms with E-state index in [0.717, 1.165) is 40.7 Å². The topological polar surface area (TPSA) is 184 Å². The molecule has 4 aromatic rings. The maximum absolute atomic E-state index is 13.9. The number of hydrogen-bond acceptors (Lipinski definition) is 10. The smallest absolute Gasteiger partial charge is 0.407 e. The van der Waals surface area contributed by atoms with Gasteiger partial charge >= 0.3 is 6.09 Å². The van der Waals surface area contributed by atoms with E-state index in [0.29, 0.717) is 56.1 Å². The fourth-order valence-corrected chi connectivity index (χ4v) is 7.86. The minimum absolute atomic E-state index is 0.0646. The van der Waals surface area contributed by atoms with E-state index in [1.54, 1.807) is 30.5 Å². The molecular weight excluding hydrogens is 723 g/mol. The van der Waals surface area contributed by atoms with Crippen LogP contribution in [0.15, 0.2) is 60.8 Å². The van der Waals surface area contributed by atoms with E-state index in [4.69, 9.17) is 4.74 Å². The fourth-order valence-electron chi connectivity index (χ4n) is 7.86. The molecule has 3 amide bonds. The van der Waals surface area contributed by atoms with Gasteiger partial charge in [0.05, 0.1) is 0 Å². The van der Waals surface area contributed by atoms with Crippen LogP contribution in [0.1, 0.15) is 88.3 Å². The number of aryl methyl sites for hydroxylation is 1. The molecule has 0 bridgehead atoms. The molecule has 6 rings (SSSR count). The first-order chi connectivity index (χ1) is 27.2. The largest absolute Gasteiger partial charge is 0.444 e. The Morgan fingerprint density at radius 2 is 1.60 bits per heavy atom. The van der Waals surface area contributed by atoms with Gasteiger partial charge in [-0.1, -0.05) is 24.3 Å². The number of pyridine rings is 1. The molecule has 0 spiro atoms. The van der Waals surface area contributed by atoms with E-state index in [9.17, 15) is 19.2 Å². The highest BCUT2D eigenvalue weighted by Crippen LogP contribution is 2.32. The van der Waals surface area contributed by atoms with E-state index in [-0.39, 0.29) is 47.9 Å². The molecular formula is C43H55N9O5. The second-order valence-corrected chi connectivity index (χ2v) is 16.7. The van der Waals surface area contributed by atoms with Crippen LogP contribution in [0.5, 0.6) is 0 Å². The molecule has 3 heterocycles. The van der Waals surface area contributed by atoms with Crippen molar-refractivity contribution in [3.05, 3.63) is 77.6 Å². The molecule has 2 aromatic heterocycles. The summed E-state index contributed by atoms with van der Waals surface area (Å²) >= 11 is 0. The molecule has 3 atom stereocenters. The molecule has 1 aliphatic heterocycles. The third kappa shape index (κ3) is 11.3. The van der Waals surface area contributed by atoms with E-state index in [2.05, 4.69) is 55.4 Å². The van der Waals surface area contributed by atoms with Gasteiger partial charge in [-0.3, -0.25) is 19.4 Å². The molecule has 1 saturated carbocycles. The number of carbonyl (C=O) groups excluding carboxylic acids is 4. The van der Waals surface area contributed by atoms with Crippen molar-refractivity contribution in [1.82, 2.24) is 41.1 Å². The van der Waals surface area contributed by atoms with E-state index in [1.807, 2.05) is 62.9 Å². The number of nitrogens with zero attached hydrogens (tertiary/aromatic N) is 5. The molecule has 14 heteroatoms. The highest BCUT2D eigenvalue weighted by Gasteiger charge is 2.31. The summed E-state index contributed by atoms with van der Waals surface area (Å²) in [7, 11) is 0. The van der Waals surface area contributed by atoms with E-state index < -0.39 is 17.6 Å². The van der Waals surface area contributed by atoms with Crippen LogP contribution in [0.25, 0.3) is 22.5 Å². The fraction of sp³-hybridized carbons (Fsp3) is 0.488. The van der Waals surface area contributed by atoms with Gasteiger partial charge in [-0.2, -0.15) is 5.21 Å². The number of ketones is 1. The third-order valence-electron chi connectivity index (χ3n) is 10.7. The zero-order chi connectivity index (χ0) is 40.7. The average Bonchev–Trinajstić information content (AvgIpc) is 3.72. The van der Waals surface area contributed by atoms with Crippen LogP contribution in [0, 0.1) is 24.7 Å². The number of nitrogens with one attached hydrogen (secondary N) is 4. The molecule has 4 N–H and O–H groups in total. The van der Waals surface area contributed by atoms with Crippen LogP contribution in [0.4, 0.5) is 10.5 Å². The first kappa shape index (κ1) is 41.1. The summed E-state index contributed by atoms with van der Waals surface area (Å²) in [5.74, 6) is -0.239. The maximum Gasteiger partial charge on any atom is 0.407 e. The van der Waals surface area contributed by atoms with Gasteiger partial charge in [-0.05, 0) is 132 Å². The van der Waals surface area contributed by atoms with Gasteiger partial charge in [0.25, 0.3) is 5.91 Å². The number of amides is 3. The molecule has 14 nitrogen and oxygen atoms in total. The number of aromatic amines is 1. The highest BCUT2D eigenvalue weighted by molar-refractivity contribution is 5.96. The van der Waals surface area contributed by atoms with Crippen LogP contribution in [-0.2, 0) is 20.7 Å². The minimum Gasteiger partial charge on any atom is -0.444 e. The molecule has 0 radical (unpaired) electrons. The number of benzene rings is 2. The number of anilines is 1. The second kappa shape index (κ2) is 18.2. The highest BCUT2D eigenvalue weighted by atomic mass is 16.6. The summed E-state index contributed by atoms with van der Waals surface area (Å²) < 4.78 is 5.37. The SMILES string of the molecule is Cc1cc(C(=O)N2CC(C)NC(C)C2)ncc1-c1ccc(C[C@H](CC(=O)C2CCC(CNC(=O)OC(C)(C)C)CC2)C(=O)Nc2ccc(-c3nn[nH]n3)cc2)cc1. The van der Waals surface area contributed by atoms with Crippen molar-refractivity contribution in [2.45, 2.75) is 97.8 Å². The van der Waals surface area contributed by atoms with Crippen molar-refractivity contribution in [1.29, 1.82) is 0 Å². The van der Waals surface area contributed by atoms with Crippen molar-refractivity contribution in [3.63, 3.8) is 0 Å². The Balaban J connectivity index is 1.11. The van der Waals surface area contributed by atoms with Crippen LogP contribution in [0.3, 0.4) is 0 Å². The van der Waals surface area contributed by atoms with Crippen LogP contribution >= 0.6 is 0 Å². The predicted octanol–water partition coefficient (Wildman–Crippen LogP) is 6.15. The van der Waals surface area contributed by atoms with Crippen molar-refractivity contribution < 1.29 is 23.9 Å². The number of Topliss-reactive ketones (excluding diaryl/α,β-unsaturated/α-hetero) is 1. The Labute approximate surface area is 334 Å².